The zero-order valence-electron chi connectivity index (χ0n) is 16.7. The molecular weight excluding hydrogens is 362 g/mol. The first-order valence-corrected chi connectivity index (χ1v) is 10.6. The van der Waals surface area contributed by atoms with Gasteiger partial charge in [-0.2, -0.15) is 0 Å². The molecule has 7 nitrogen and oxygen atoms in total. The van der Waals surface area contributed by atoms with Crippen molar-refractivity contribution >= 4 is 23.3 Å². The predicted molar refractivity (Wildman–Crippen MR) is 107 cm³/mol. The summed E-state index contributed by atoms with van der Waals surface area (Å²) in [6.45, 7) is 9.93. The molecule has 1 aromatic rings. The molecule has 3 rings (SSSR count). The number of thiazole rings is 1. The van der Waals surface area contributed by atoms with Crippen LogP contribution in [-0.2, 0) is 11.3 Å². The largest absolute Gasteiger partial charge is 0.349 e. The first kappa shape index (κ1) is 20.1. The highest BCUT2D eigenvalue weighted by atomic mass is 32.1. The third-order valence-corrected chi connectivity index (χ3v) is 6.06. The molecule has 1 aromatic heterocycles. The van der Waals surface area contributed by atoms with Gasteiger partial charge in [0.2, 0.25) is 5.91 Å². The number of hydrogen-bond acceptors (Lipinski definition) is 5. The van der Waals surface area contributed by atoms with E-state index in [9.17, 15) is 9.59 Å². The van der Waals surface area contributed by atoms with E-state index in [1.165, 1.54) is 0 Å². The number of hydrogen-bond donors (Lipinski definition) is 3. The van der Waals surface area contributed by atoms with Crippen LogP contribution in [0, 0.1) is 6.92 Å². The number of fused-ring (bicyclic) bond motifs is 1. The summed E-state index contributed by atoms with van der Waals surface area (Å²) in [7, 11) is 0. The van der Waals surface area contributed by atoms with Crippen LogP contribution in [0.15, 0.2) is 5.38 Å². The summed E-state index contributed by atoms with van der Waals surface area (Å²) in [5, 5.41) is 12.1. The molecule has 3 amide bonds. The molecule has 150 valence electrons. The molecule has 2 fully saturated rings. The molecule has 2 aliphatic heterocycles. The van der Waals surface area contributed by atoms with Crippen molar-refractivity contribution in [3.8, 4) is 0 Å². The highest BCUT2D eigenvalue weighted by Gasteiger charge is 2.52. The van der Waals surface area contributed by atoms with Crippen LogP contribution >= 0.6 is 11.3 Å². The zero-order chi connectivity index (χ0) is 19.7. The van der Waals surface area contributed by atoms with Crippen LogP contribution in [0.5, 0.6) is 0 Å². The molecule has 3 heterocycles. The van der Waals surface area contributed by atoms with Crippen molar-refractivity contribution < 1.29 is 9.59 Å². The number of rotatable bonds is 4. The number of aryl methyl sites for hydroxylation is 1. The van der Waals surface area contributed by atoms with Crippen LogP contribution in [0.4, 0.5) is 4.79 Å². The summed E-state index contributed by atoms with van der Waals surface area (Å²) in [5.74, 6) is 0.0633. The Morgan fingerprint density at radius 2 is 2.15 bits per heavy atom. The Morgan fingerprint density at radius 1 is 1.37 bits per heavy atom. The smallest absolute Gasteiger partial charge is 0.315 e. The first-order valence-electron chi connectivity index (χ1n) is 9.71. The Balaban J connectivity index is 1.64. The maximum absolute atomic E-state index is 13.1. The third-order valence-electron chi connectivity index (χ3n) is 5.24. The van der Waals surface area contributed by atoms with Gasteiger partial charge in [-0.25, -0.2) is 9.78 Å². The van der Waals surface area contributed by atoms with E-state index in [4.69, 9.17) is 0 Å². The van der Waals surface area contributed by atoms with Crippen molar-refractivity contribution in [2.75, 3.05) is 13.1 Å². The maximum Gasteiger partial charge on any atom is 0.315 e. The predicted octanol–water partition coefficient (Wildman–Crippen LogP) is 2.16. The number of nitrogens with zero attached hydrogens (tertiary/aromatic N) is 2. The summed E-state index contributed by atoms with van der Waals surface area (Å²) < 4.78 is 0. The fraction of sp³-hybridized carbons (Fsp3) is 0.737. The summed E-state index contributed by atoms with van der Waals surface area (Å²) in [5.41, 5.74) is 0.112. The Morgan fingerprint density at radius 3 is 2.81 bits per heavy atom. The molecule has 0 bridgehead atoms. The third kappa shape index (κ3) is 4.79. The average molecular weight is 394 g/mol. The molecule has 2 atom stereocenters. The number of urea groups is 1. The second-order valence-corrected chi connectivity index (χ2v) is 9.79. The standard InChI is InChI=1S/C19H31N5O2S/c1-13-21-15(12-27-13)10-20-16(25)19-7-5-6-8-24(19)11-14(9-19)22-17(26)23-18(2,3)4/h12,14H,5-11H2,1-4H3,(H,20,25)(H2,22,23,26)/t14-,19-/m0/s1. The summed E-state index contributed by atoms with van der Waals surface area (Å²) in [4.78, 5) is 32.1. The Hall–Kier alpha value is -1.67. The fourth-order valence-corrected chi connectivity index (χ4v) is 4.77. The van der Waals surface area contributed by atoms with Crippen molar-refractivity contribution in [3.05, 3.63) is 16.1 Å². The lowest BCUT2D eigenvalue weighted by Crippen LogP contribution is -2.57. The number of piperidine rings is 1. The Kier molecular flexibility index (Phi) is 5.76. The molecule has 3 N–H and O–H groups in total. The van der Waals surface area contributed by atoms with Crippen LogP contribution in [0.1, 0.15) is 57.2 Å². The van der Waals surface area contributed by atoms with E-state index >= 15 is 0 Å². The van der Waals surface area contributed by atoms with Gasteiger partial charge in [0.1, 0.15) is 5.54 Å². The minimum absolute atomic E-state index is 0.0160. The topological polar surface area (TPSA) is 86.4 Å². The lowest BCUT2D eigenvalue weighted by Gasteiger charge is -2.40. The Labute approximate surface area is 165 Å². The number of carbonyl (C=O) groups is 2. The molecular formula is C19H31N5O2S. The quantitative estimate of drug-likeness (QED) is 0.732. The molecule has 0 spiro atoms. The van der Waals surface area contributed by atoms with E-state index in [0.29, 0.717) is 13.0 Å². The van der Waals surface area contributed by atoms with E-state index in [0.717, 1.165) is 43.1 Å². The lowest BCUT2D eigenvalue weighted by molar-refractivity contribution is -0.134. The fourth-order valence-electron chi connectivity index (χ4n) is 4.16. The second kappa shape index (κ2) is 7.75. The van der Waals surface area contributed by atoms with Gasteiger partial charge in [0.15, 0.2) is 0 Å². The highest BCUT2D eigenvalue weighted by molar-refractivity contribution is 7.09. The van der Waals surface area contributed by atoms with Crippen molar-refractivity contribution in [2.24, 2.45) is 0 Å². The average Bonchev–Trinajstić information content (AvgIpc) is 3.14. The normalized spacial score (nSPS) is 25.7. The van der Waals surface area contributed by atoms with Crippen molar-refractivity contribution in [1.29, 1.82) is 0 Å². The first-order chi connectivity index (χ1) is 12.7. The van der Waals surface area contributed by atoms with Crippen LogP contribution in [0.3, 0.4) is 0 Å². The monoisotopic (exact) mass is 393 g/mol. The van der Waals surface area contributed by atoms with Crippen LogP contribution < -0.4 is 16.0 Å². The van der Waals surface area contributed by atoms with Gasteiger partial charge in [0.05, 0.1) is 17.2 Å². The van der Waals surface area contributed by atoms with Gasteiger partial charge in [-0.05, 0) is 59.9 Å². The van der Waals surface area contributed by atoms with Gasteiger partial charge in [-0.3, -0.25) is 9.69 Å². The van der Waals surface area contributed by atoms with Crippen LogP contribution in [0.25, 0.3) is 0 Å². The maximum atomic E-state index is 13.1. The number of aromatic nitrogens is 1. The molecule has 0 aliphatic carbocycles. The molecule has 0 unspecified atom stereocenters. The highest BCUT2D eigenvalue weighted by Crippen LogP contribution is 2.38. The van der Waals surface area contributed by atoms with E-state index in [1.54, 1.807) is 11.3 Å². The van der Waals surface area contributed by atoms with E-state index in [-0.39, 0.29) is 23.5 Å². The zero-order valence-corrected chi connectivity index (χ0v) is 17.5. The molecule has 0 radical (unpaired) electrons. The van der Waals surface area contributed by atoms with Gasteiger partial charge in [0.25, 0.3) is 0 Å². The minimum Gasteiger partial charge on any atom is -0.349 e. The van der Waals surface area contributed by atoms with E-state index in [1.807, 2.05) is 33.1 Å². The summed E-state index contributed by atoms with van der Waals surface area (Å²) >= 11 is 1.59. The number of carbonyl (C=O) groups excluding carboxylic acids is 2. The number of amides is 3. The van der Waals surface area contributed by atoms with E-state index in [2.05, 4.69) is 25.8 Å². The summed E-state index contributed by atoms with van der Waals surface area (Å²) in [6.07, 6.45) is 3.64. The van der Waals surface area contributed by atoms with Crippen molar-refractivity contribution in [1.82, 2.24) is 25.8 Å². The molecule has 0 saturated carbocycles. The van der Waals surface area contributed by atoms with Gasteiger partial charge >= 0.3 is 6.03 Å². The molecule has 8 heteroatoms. The molecule has 2 aliphatic rings. The van der Waals surface area contributed by atoms with Crippen LogP contribution in [0.2, 0.25) is 0 Å². The van der Waals surface area contributed by atoms with Gasteiger partial charge in [-0.15, -0.1) is 11.3 Å². The van der Waals surface area contributed by atoms with Crippen LogP contribution in [-0.4, -0.2) is 52.0 Å². The van der Waals surface area contributed by atoms with E-state index < -0.39 is 5.54 Å². The lowest BCUT2D eigenvalue weighted by atomic mass is 9.84. The second-order valence-electron chi connectivity index (χ2n) is 8.72. The van der Waals surface area contributed by atoms with Crippen molar-refractivity contribution in [3.63, 3.8) is 0 Å². The Bertz CT molecular complexity index is 699. The molecule has 2 saturated heterocycles. The minimum atomic E-state index is -0.511. The molecule has 27 heavy (non-hydrogen) atoms. The summed E-state index contributed by atoms with van der Waals surface area (Å²) in [6, 6.07) is -0.182. The molecule has 0 aromatic carbocycles. The van der Waals surface area contributed by atoms with Gasteiger partial charge in [-0.1, -0.05) is 0 Å². The van der Waals surface area contributed by atoms with Crippen molar-refractivity contribution in [2.45, 2.75) is 77.0 Å². The van der Waals surface area contributed by atoms with Gasteiger partial charge in [0, 0.05) is 23.5 Å². The SMILES string of the molecule is Cc1nc(CNC(=O)[C@@]23CCCCN2C[C@@H](NC(=O)NC(C)(C)C)C3)cs1. The number of nitrogens with one attached hydrogen (secondary N) is 3. The van der Waals surface area contributed by atoms with Gasteiger partial charge < -0.3 is 16.0 Å².